The Kier molecular flexibility index (Phi) is 5.47. The molecule has 1 aliphatic rings. The van der Waals surface area contributed by atoms with Crippen LogP contribution in [0.5, 0.6) is 0 Å². The molecule has 28 heavy (non-hydrogen) atoms. The maximum Gasteiger partial charge on any atom is 0.416 e. The van der Waals surface area contributed by atoms with Gasteiger partial charge in [-0.15, -0.1) is 11.3 Å². The van der Waals surface area contributed by atoms with Gasteiger partial charge in [0.1, 0.15) is 15.9 Å². The lowest BCUT2D eigenvalue weighted by Crippen LogP contribution is -2.59. The van der Waals surface area contributed by atoms with Crippen molar-refractivity contribution in [2.75, 3.05) is 13.1 Å². The molecule has 1 atom stereocenters. The number of nitrogens with one attached hydrogen (secondary N) is 1. The number of rotatable bonds is 3. The molecule has 1 unspecified atom stereocenters. The van der Waals surface area contributed by atoms with Crippen molar-refractivity contribution >= 4 is 23.2 Å². The number of aromatic nitrogens is 1. The standard InChI is InChI=1S/C19H20F3N3O2S/c1-10(2)14-16(26)23-8-9-25(14)18(27)15-11(3)24-17(28-15)12-4-6-13(7-5-12)19(20,21)22/h4-7,10,14H,8-9H2,1-3H3,(H,23,26). The fraction of sp³-hybridized carbons (Fsp3) is 0.421. The van der Waals surface area contributed by atoms with Crippen molar-refractivity contribution in [2.45, 2.75) is 33.0 Å². The molecule has 1 aromatic heterocycles. The van der Waals surface area contributed by atoms with Gasteiger partial charge < -0.3 is 10.2 Å². The second kappa shape index (κ2) is 7.54. The molecule has 3 rings (SSSR count). The summed E-state index contributed by atoms with van der Waals surface area (Å²) < 4.78 is 38.2. The number of hydrogen-bond donors (Lipinski definition) is 1. The Hall–Kier alpha value is -2.42. The zero-order valence-corrected chi connectivity index (χ0v) is 16.4. The molecule has 1 N–H and O–H groups in total. The van der Waals surface area contributed by atoms with Crippen molar-refractivity contribution in [1.82, 2.24) is 15.2 Å². The summed E-state index contributed by atoms with van der Waals surface area (Å²) in [6.07, 6.45) is -4.40. The average Bonchev–Trinajstić information content (AvgIpc) is 3.01. The van der Waals surface area contributed by atoms with Crippen LogP contribution in [0.2, 0.25) is 0 Å². The van der Waals surface area contributed by atoms with Crippen LogP contribution in [-0.2, 0) is 11.0 Å². The molecule has 1 fully saturated rings. The molecule has 0 radical (unpaired) electrons. The molecule has 5 nitrogen and oxygen atoms in total. The Labute approximate surface area is 164 Å². The van der Waals surface area contributed by atoms with Gasteiger partial charge in [-0.3, -0.25) is 9.59 Å². The summed E-state index contributed by atoms with van der Waals surface area (Å²) in [7, 11) is 0. The summed E-state index contributed by atoms with van der Waals surface area (Å²) in [6, 6.07) is 4.13. The zero-order valence-electron chi connectivity index (χ0n) is 15.6. The fourth-order valence-corrected chi connectivity index (χ4v) is 4.25. The lowest BCUT2D eigenvalue weighted by Gasteiger charge is -2.37. The van der Waals surface area contributed by atoms with Crippen LogP contribution < -0.4 is 5.32 Å². The summed E-state index contributed by atoms with van der Waals surface area (Å²) in [4.78, 5) is 31.6. The van der Waals surface area contributed by atoms with E-state index < -0.39 is 17.8 Å². The number of benzene rings is 1. The number of nitrogens with zero attached hydrogens (tertiary/aromatic N) is 2. The molecular weight excluding hydrogens is 391 g/mol. The van der Waals surface area contributed by atoms with E-state index in [1.54, 1.807) is 11.8 Å². The van der Waals surface area contributed by atoms with Gasteiger partial charge >= 0.3 is 6.18 Å². The first kappa shape index (κ1) is 20.3. The van der Waals surface area contributed by atoms with E-state index in [-0.39, 0.29) is 17.7 Å². The van der Waals surface area contributed by atoms with Crippen LogP contribution in [0.3, 0.4) is 0 Å². The summed E-state index contributed by atoms with van der Waals surface area (Å²) in [5.74, 6) is -0.506. The largest absolute Gasteiger partial charge is 0.416 e. The fourth-order valence-electron chi connectivity index (χ4n) is 3.23. The minimum absolute atomic E-state index is 0.0492. The van der Waals surface area contributed by atoms with E-state index in [0.29, 0.717) is 34.2 Å². The Balaban J connectivity index is 1.89. The zero-order chi connectivity index (χ0) is 20.6. The third-order valence-corrected chi connectivity index (χ3v) is 5.79. The van der Waals surface area contributed by atoms with Crippen LogP contribution in [0.4, 0.5) is 13.2 Å². The molecule has 1 aliphatic heterocycles. The van der Waals surface area contributed by atoms with Gasteiger partial charge in [-0.25, -0.2) is 4.98 Å². The molecule has 2 heterocycles. The molecule has 0 saturated carbocycles. The molecule has 9 heteroatoms. The first-order valence-corrected chi connectivity index (χ1v) is 9.65. The SMILES string of the molecule is Cc1nc(-c2ccc(C(F)(F)F)cc2)sc1C(=O)N1CCNC(=O)C1C(C)C. The number of amides is 2. The van der Waals surface area contributed by atoms with Crippen molar-refractivity contribution in [3.05, 3.63) is 40.4 Å². The predicted octanol–water partition coefficient (Wildman–Crippen LogP) is 3.73. The lowest BCUT2D eigenvalue weighted by molar-refractivity contribution is -0.137. The molecule has 150 valence electrons. The topological polar surface area (TPSA) is 62.3 Å². The quantitative estimate of drug-likeness (QED) is 0.837. The van der Waals surface area contributed by atoms with Gasteiger partial charge in [-0.2, -0.15) is 13.2 Å². The molecule has 0 spiro atoms. The Morgan fingerprint density at radius 2 is 1.93 bits per heavy atom. The van der Waals surface area contributed by atoms with Crippen LogP contribution in [-0.4, -0.2) is 40.8 Å². The van der Waals surface area contributed by atoms with Crippen LogP contribution in [0.15, 0.2) is 24.3 Å². The highest BCUT2D eigenvalue weighted by Crippen LogP contribution is 2.33. The minimum Gasteiger partial charge on any atom is -0.353 e. The van der Waals surface area contributed by atoms with Gasteiger partial charge in [0.15, 0.2) is 0 Å². The number of aryl methyl sites for hydroxylation is 1. The maximum absolute atomic E-state index is 13.1. The normalized spacial score (nSPS) is 17.8. The highest BCUT2D eigenvalue weighted by atomic mass is 32.1. The third kappa shape index (κ3) is 3.89. The Morgan fingerprint density at radius 1 is 1.29 bits per heavy atom. The third-order valence-electron chi connectivity index (χ3n) is 4.60. The van der Waals surface area contributed by atoms with Crippen LogP contribution in [0, 0.1) is 12.8 Å². The summed E-state index contributed by atoms with van der Waals surface area (Å²) in [5.41, 5.74) is 0.273. The van der Waals surface area contributed by atoms with E-state index >= 15 is 0 Å². The van der Waals surface area contributed by atoms with Crippen molar-refractivity contribution in [3.63, 3.8) is 0 Å². The monoisotopic (exact) mass is 411 g/mol. The van der Waals surface area contributed by atoms with E-state index in [9.17, 15) is 22.8 Å². The van der Waals surface area contributed by atoms with Crippen molar-refractivity contribution in [1.29, 1.82) is 0 Å². The first-order chi connectivity index (χ1) is 13.1. The maximum atomic E-state index is 13.1. The smallest absolute Gasteiger partial charge is 0.353 e. The number of hydrogen-bond acceptors (Lipinski definition) is 4. The summed E-state index contributed by atoms with van der Waals surface area (Å²) in [6.45, 7) is 6.23. The van der Waals surface area contributed by atoms with E-state index in [1.807, 2.05) is 13.8 Å². The molecular formula is C19H20F3N3O2S. The van der Waals surface area contributed by atoms with Gasteiger partial charge in [0.2, 0.25) is 5.91 Å². The van der Waals surface area contributed by atoms with Gasteiger partial charge in [0.05, 0.1) is 11.3 Å². The van der Waals surface area contributed by atoms with Crippen molar-refractivity contribution in [2.24, 2.45) is 5.92 Å². The summed E-state index contributed by atoms with van der Waals surface area (Å²) in [5, 5.41) is 3.25. The van der Waals surface area contributed by atoms with E-state index in [1.165, 1.54) is 12.1 Å². The van der Waals surface area contributed by atoms with Gasteiger partial charge in [-0.05, 0) is 25.0 Å². The predicted molar refractivity (Wildman–Crippen MR) is 100.0 cm³/mol. The highest BCUT2D eigenvalue weighted by Gasteiger charge is 2.37. The van der Waals surface area contributed by atoms with Gasteiger partial charge in [0.25, 0.3) is 5.91 Å². The molecule has 0 bridgehead atoms. The van der Waals surface area contributed by atoms with Crippen LogP contribution in [0.1, 0.15) is 34.8 Å². The molecule has 0 aliphatic carbocycles. The number of carbonyl (C=O) groups is 2. The van der Waals surface area contributed by atoms with E-state index in [0.717, 1.165) is 23.5 Å². The first-order valence-electron chi connectivity index (χ1n) is 8.83. The molecule has 2 amide bonds. The van der Waals surface area contributed by atoms with Crippen molar-refractivity contribution in [3.8, 4) is 10.6 Å². The lowest BCUT2D eigenvalue weighted by atomic mass is 9.99. The number of piperazine rings is 1. The second-order valence-electron chi connectivity index (χ2n) is 6.99. The number of carbonyl (C=O) groups excluding carboxylic acids is 2. The minimum atomic E-state index is -4.40. The Morgan fingerprint density at radius 3 is 2.50 bits per heavy atom. The van der Waals surface area contributed by atoms with Crippen LogP contribution in [0.25, 0.3) is 10.6 Å². The Bertz CT molecular complexity index is 891. The van der Waals surface area contributed by atoms with E-state index in [4.69, 9.17) is 0 Å². The average molecular weight is 411 g/mol. The number of thiazole rings is 1. The number of halogens is 3. The summed E-state index contributed by atoms with van der Waals surface area (Å²) >= 11 is 1.13. The van der Waals surface area contributed by atoms with Crippen LogP contribution >= 0.6 is 11.3 Å². The van der Waals surface area contributed by atoms with Crippen molar-refractivity contribution < 1.29 is 22.8 Å². The highest BCUT2D eigenvalue weighted by molar-refractivity contribution is 7.17. The van der Waals surface area contributed by atoms with E-state index in [2.05, 4.69) is 10.3 Å². The number of alkyl halides is 3. The van der Waals surface area contributed by atoms with Gasteiger partial charge in [-0.1, -0.05) is 26.0 Å². The molecule has 1 saturated heterocycles. The molecule has 1 aromatic carbocycles. The van der Waals surface area contributed by atoms with Gasteiger partial charge in [0, 0.05) is 18.7 Å². The molecule has 2 aromatic rings. The second-order valence-corrected chi connectivity index (χ2v) is 7.99.